The molecule has 4 aliphatic carbocycles. The van der Waals surface area contributed by atoms with Gasteiger partial charge in [0.2, 0.25) is 0 Å². The molecule has 2 N–H and O–H groups in total. The van der Waals surface area contributed by atoms with Gasteiger partial charge in [-0.05, 0) is 68.2 Å². The van der Waals surface area contributed by atoms with Crippen LogP contribution < -0.4 is 4.90 Å². The van der Waals surface area contributed by atoms with E-state index in [2.05, 4.69) is 28.6 Å². The number of hydrogen-bond acceptors (Lipinski definition) is 7. The molecule has 5 aliphatic rings. The molecule has 1 saturated heterocycles. The maximum atomic E-state index is 13.8. The molecule has 0 radical (unpaired) electrons. The van der Waals surface area contributed by atoms with Crippen LogP contribution in [0.2, 0.25) is 0 Å². The lowest BCUT2D eigenvalue weighted by Crippen LogP contribution is -2.62. The zero-order valence-corrected chi connectivity index (χ0v) is 22.0. The van der Waals surface area contributed by atoms with Crippen molar-refractivity contribution in [3.05, 3.63) is 48.2 Å². The van der Waals surface area contributed by atoms with Crippen molar-refractivity contribution in [3.8, 4) is 0 Å². The Morgan fingerprint density at radius 1 is 1.16 bits per heavy atom. The quantitative estimate of drug-likeness (QED) is 0.650. The van der Waals surface area contributed by atoms with E-state index >= 15 is 0 Å². The van der Waals surface area contributed by atoms with Crippen molar-refractivity contribution < 1.29 is 19.8 Å². The zero-order chi connectivity index (χ0) is 26.0. The standard InChI is InChI=1S/C30H39N3O4/c1-28-10-8-21(34)17-20(28)6-7-22-23-9-11-30(37,29(23,2)18-24(35)27(22)28)25(36)19-32-13-15-33(16-14-32)26-5-3-4-12-31-26/h3-5,8,10,12,17,22-24,27,35,37H,6-7,9,11,13-16,18-19H2,1-2H3/t22?,23?,24?,27?,28?,29?,30-/m0/s1. The van der Waals surface area contributed by atoms with E-state index in [-0.39, 0.29) is 41.3 Å². The lowest BCUT2D eigenvalue weighted by atomic mass is 9.46. The van der Waals surface area contributed by atoms with Gasteiger partial charge in [-0.1, -0.05) is 31.6 Å². The number of aliphatic hydroxyl groups excluding tert-OH is 1. The average Bonchev–Trinajstić information content (AvgIpc) is 3.16. The highest BCUT2D eigenvalue weighted by atomic mass is 16.3. The van der Waals surface area contributed by atoms with Crippen LogP contribution in [0, 0.1) is 28.6 Å². The summed E-state index contributed by atoms with van der Waals surface area (Å²) in [6.45, 7) is 7.56. The number of Topliss-reactive ketones (excluding diaryl/α,β-unsaturated/α-hetero) is 1. The van der Waals surface area contributed by atoms with Gasteiger partial charge in [0.05, 0.1) is 12.6 Å². The molecule has 4 fully saturated rings. The summed E-state index contributed by atoms with van der Waals surface area (Å²) in [5.41, 5.74) is -1.28. The molecule has 0 amide bonds. The van der Waals surface area contributed by atoms with Crippen molar-refractivity contribution in [1.29, 1.82) is 0 Å². The van der Waals surface area contributed by atoms with Gasteiger partial charge in [-0.2, -0.15) is 0 Å². The first-order chi connectivity index (χ1) is 17.7. The molecular formula is C30H39N3O4. The minimum Gasteiger partial charge on any atom is -0.393 e. The van der Waals surface area contributed by atoms with Crippen LogP contribution in [0.3, 0.4) is 0 Å². The number of ketones is 2. The topological polar surface area (TPSA) is 94.0 Å². The number of aromatic nitrogens is 1. The number of aliphatic hydroxyl groups is 2. The first kappa shape index (κ1) is 25.0. The normalized spacial score (nSPS) is 41.6. The van der Waals surface area contributed by atoms with Crippen molar-refractivity contribution in [2.45, 2.75) is 57.7 Å². The molecule has 0 bridgehead atoms. The summed E-state index contributed by atoms with van der Waals surface area (Å²) >= 11 is 0. The lowest BCUT2D eigenvalue weighted by Gasteiger charge is -2.59. The predicted molar refractivity (Wildman–Crippen MR) is 141 cm³/mol. The molecular weight excluding hydrogens is 466 g/mol. The number of carbonyl (C=O) groups is 2. The Labute approximate surface area is 219 Å². The van der Waals surface area contributed by atoms with Gasteiger partial charge in [0, 0.05) is 49.1 Å². The third-order valence-corrected chi connectivity index (χ3v) is 10.8. The number of fused-ring (bicyclic) bond motifs is 5. The Morgan fingerprint density at radius 3 is 2.68 bits per heavy atom. The first-order valence-corrected chi connectivity index (χ1v) is 13.9. The zero-order valence-electron chi connectivity index (χ0n) is 22.0. The van der Waals surface area contributed by atoms with Gasteiger partial charge in [0.25, 0.3) is 0 Å². The number of anilines is 1. The second kappa shape index (κ2) is 8.85. The van der Waals surface area contributed by atoms with Crippen LogP contribution in [-0.2, 0) is 9.59 Å². The summed E-state index contributed by atoms with van der Waals surface area (Å²) in [7, 11) is 0. The van der Waals surface area contributed by atoms with Gasteiger partial charge in [-0.3, -0.25) is 14.5 Å². The van der Waals surface area contributed by atoms with Crippen molar-refractivity contribution in [2.75, 3.05) is 37.6 Å². The molecule has 1 aromatic heterocycles. The van der Waals surface area contributed by atoms with E-state index in [0.717, 1.165) is 56.8 Å². The first-order valence-electron chi connectivity index (χ1n) is 13.9. The fraction of sp³-hybridized carbons (Fsp3) is 0.633. The molecule has 1 aromatic rings. The number of nitrogens with zero attached hydrogens (tertiary/aromatic N) is 3. The molecule has 6 unspecified atom stereocenters. The Hall–Kier alpha value is -2.35. The van der Waals surface area contributed by atoms with Crippen LogP contribution >= 0.6 is 0 Å². The number of hydrogen-bond donors (Lipinski definition) is 2. The van der Waals surface area contributed by atoms with Crippen molar-refractivity contribution in [3.63, 3.8) is 0 Å². The third-order valence-electron chi connectivity index (χ3n) is 10.8. The summed E-state index contributed by atoms with van der Waals surface area (Å²) in [5.74, 6) is 1.30. The molecule has 6 rings (SSSR count). The molecule has 7 heteroatoms. The van der Waals surface area contributed by atoms with E-state index in [1.54, 1.807) is 18.3 Å². The molecule has 7 nitrogen and oxygen atoms in total. The molecule has 2 heterocycles. The largest absolute Gasteiger partial charge is 0.393 e. The van der Waals surface area contributed by atoms with Crippen LogP contribution in [0.1, 0.15) is 46.0 Å². The van der Waals surface area contributed by atoms with Crippen molar-refractivity contribution in [1.82, 2.24) is 9.88 Å². The highest BCUT2D eigenvalue weighted by Crippen LogP contribution is 2.67. The van der Waals surface area contributed by atoms with Gasteiger partial charge in [-0.25, -0.2) is 4.98 Å². The maximum Gasteiger partial charge on any atom is 0.178 e. The molecule has 7 atom stereocenters. The number of allylic oxidation sites excluding steroid dienone is 4. The van der Waals surface area contributed by atoms with Gasteiger partial charge < -0.3 is 15.1 Å². The van der Waals surface area contributed by atoms with Crippen molar-refractivity contribution in [2.24, 2.45) is 28.6 Å². The predicted octanol–water partition coefficient (Wildman–Crippen LogP) is 2.78. The average molecular weight is 506 g/mol. The van der Waals surface area contributed by atoms with Gasteiger partial charge in [0.1, 0.15) is 11.4 Å². The molecule has 1 aliphatic heterocycles. The molecule has 0 aromatic carbocycles. The van der Waals surface area contributed by atoms with Crippen LogP contribution in [0.4, 0.5) is 5.82 Å². The minimum atomic E-state index is -1.42. The Kier molecular flexibility index (Phi) is 5.97. The smallest absolute Gasteiger partial charge is 0.178 e. The third kappa shape index (κ3) is 3.76. The Balaban J connectivity index is 1.17. The van der Waals surface area contributed by atoms with E-state index in [1.807, 2.05) is 24.3 Å². The second-order valence-corrected chi connectivity index (χ2v) is 12.5. The summed E-state index contributed by atoms with van der Waals surface area (Å²) in [6.07, 6.45) is 10.00. The number of piperazine rings is 1. The molecule has 0 spiro atoms. The summed E-state index contributed by atoms with van der Waals surface area (Å²) in [6, 6.07) is 5.91. The number of carbonyl (C=O) groups excluding carboxylic acids is 2. The van der Waals surface area contributed by atoms with Crippen molar-refractivity contribution >= 4 is 17.4 Å². The highest BCUT2D eigenvalue weighted by molar-refractivity contribution is 6.01. The highest BCUT2D eigenvalue weighted by Gasteiger charge is 2.68. The maximum absolute atomic E-state index is 13.8. The second-order valence-electron chi connectivity index (χ2n) is 12.5. The van der Waals surface area contributed by atoms with Crippen LogP contribution in [0.5, 0.6) is 0 Å². The van der Waals surface area contributed by atoms with E-state index in [0.29, 0.717) is 12.8 Å². The SMILES string of the molecule is CC12C=CC(=O)C=C1CCC1C2C(O)CC2(C)C1CC[C@]2(O)C(=O)CN1CCN(c2ccccn2)CC1. The molecule has 37 heavy (non-hydrogen) atoms. The van der Waals surface area contributed by atoms with E-state index < -0.39 is 17.1 Å². The molecule has 198 valence electrons. The Morgan fingerprint density at radius 2 is 1.95 bits per heavy atom. The Bertz CT molecular complexity index is 1140. The van der Waals surface area contributed by atoms with Gasteiger partial charge in [0.15, 0.2) is 11.6 Å². The lowest BCUT2D eigenvalue weighted by molar-refractivity contribution is -0.177. The fourth-order valence-corrected chi connectivity index (χ4v) is 8.80. The van der Waals surface area contributed by atoms with Gasteiger partial charge >= 0.3 is 0 Å². The van der Waals surface area contributed by atoms with Crippen LogP contribution in [0.15, 0.2) is 48.2 Å². The fourth-order valence-electron chi connectivity index (χ4n) is 8.80. The van der Waals surface area contributed by atoms with Gasteiger partial charge in [-0.15, -0.1) is 0 Å². The van der Waals surface area contributed by atoms with Crippen LogP contribution in [-0.4, -0.2) is 76.1 Å². The summed E-state index contributed by atoms with van der Waals surface area (Å²) in [4.78, 5) is 34.7. The number of pyridine rings is 1. The van der Waals surface area contributed by atoms with E-state index in [4.69, 9.17) is 0 Å². The molecule has 3 saturated carbocycles. The van der Waals surface area contributed by atoms with E-state index in [1.165, 1.54) is 0 Å². The van der Waals surface area contributed by atoms with E-state index in [9.17, 15) is 19.8 Å². The summed E-state index contributed by atoms with van der Waals surface area (Å²) in [5, 5.41) is 23.6. The summed E-state index contributed by atoms with van der Waals surface area (Å²) < 4.78 is 0. The minimum absolute atomic E-state index is 0.00653. The number of rotatable bonds is 4. The van der Waals surface area contributed by atoms with Crippen LogP contribution in [0.25, 0.3) is 0 Å². The monoisotopic (exact) mass is 505 g/mol.